The summed E-state index contributed by atoms with van der Waals surface area (Å²) in [6.07, 6.45) is -2.96. The number of amides is 1. The van der Waals surface area contributed by atoms with Gasteiger partial charge >= 0.3 is 6.36 Å². The molecule has 2 aromatic heterocycles. The number of aryl methyl sites for hydroxylation is 1. The van der Waals surface area contributed by atoms with E-state index < -0.39 is 6.36 Å². The van der Waals surface area contributed by atoms with Crippen LogP contribution in [0.4, 0.5) is 13.2 Å². The van der Waals surface area contributed by atoms with Crippen LogP contribution >= 0.6 is 0 Å². The first kappa shape index (κ1) is 18.5. The summed E-state index contributed by atoms with van der Waals surface area (Å²) in [5.41, 5.74) is 1.99. The molecule has 0 aliphatic rings. The van der Waals surface area contributed by atoms with Crippen molar-refractivity contribution in [3.05, 3.63) is 54.0 Å². The third-order valence-electron chi connectivity index (χ3n) is 3.71. The van der Waals surface area contributed by atoms with Gasteiger partial charge in [0.15, 0.2) is 0 Å². The van der Waals surface area contributed by atoms with E-state index in [0.29, 0.717) is 17.8 Å². The molecule has 1 aromatic carbocycles. The van der Waals surface area contributed by atoms with E-state index in [0.717, 1.165) is 5.69 Å². The van der Waals surface area contributed by atoms with Crippen LogP contribution in [0.15, 0.2) is 42.6 Å². The first-order valence-corrected chi connectivity index (χ1v) is 7.87. The van der Waals surface area contributed by atoms with Gasteiger partial charge in [-0.3, -0.25) is 14.6 Å². The molecule has 0 fully saturated rings. The lowest BCUT2D eigenvalue weighted by atomic mass is 10.1. The number of hydrogen-bond donors (Lipinski definition) is 1. The Kier molecular flexibility index (Phi) is 4.89. The summed E-state index contributed by atoms with van der Waals surface area (Å²) < 4.78 is 42.1. The molecule has 3 aromatic rings. The number of halogens is 3. The lowest BCUT2D eigenvalue weighted by molar-refractivity contribution is -0.274. The highest BCUT2D eigenvalue weighted by atomic mass is 19.4. The van der Waals surface area contributed by atoms with E-state index in [-0.39, 0.29) is 17.4 Å². The molecule has 0 atom stereocenters. The zero-order chi connectivity index (χ0) is 19.6. The van der Waals surface area contributed by atoms with Gasteiger partial charge in [-0.25, -0.2) is 0 Å². The zero-order valence-electron chi connectivity index (χ0n) is 14.5. The highest BCUT2D eigenvalue weighted by molar-refractivity contribution is 5.93. The molecule has 7 nitrogen and oxygen atoms in total. The lowest BCUT2D eigenvalue weighted by Gasteiger charge is -2.14. The highest BCUT2D eigenvalue weighted by Gasteiger charge is 2.31. The fourth-order valence-corrected chi connectivity index (χ4v) is 2.47. The summed E-state index contributed by atoms with van der Waals surface area (Å²) in [4.78, 5) is 14.0. The first-order chi connectivity index (χ1) is 12.7. The number of aromatic amines is 1. The van der Waals surface area contributed by atoms with Crippen molar-refractivity contribution in [3.63, 3.8) is 0 Å². The summed E-state index contributed by atoms with van der Waals surface area (Å²) in [6.45, 7) is 0.331. The predicted octanol–water partition coefficient (Wildman–Crippen LogP) is 2.98. The van der Waals surface area contributed by atoms with Gasteiger partial charge in [-0.2, -0.15) is 10.2 Å². The van der Waals surface area contributed by atoms with E-state index in [4.69, 9.17) is 0 Å². The molecule has 0 saturated carbocycles. The Morgan fingerprint density at radius 3 is 2.56 bits per heavy atom. The smallest absolute Gasteiger partial charge is 0.406 e. The number of H-pyrrole nitrogens is 1. The Morgan fingerprint density at radius 2 is 1.96 bits per heavy atom. The molecule has 0 saturated heterocycles. The molecule has 2 heterocycles. The molecule has 0 unspecified atom stereocenters. The van der Waals surface area contributed by atoms with E-state index in [1.165, 1.54) is 35.2 Å². The maximum atomic E-state index is 12.5. The van der Waals surface area contributed by atoms with Gasteiger partial charge in [-0.05, 0) is 36.4 Å². The standard InChI is InChI=1S/C17H16F3N5O2/c1-24(10-12-7-8-25(2)23-12)16(26)15-9-14(21-22-15)11-3-5-13(6-4-11)27-17(18,19)20/h3-9H,10H2,1-2H3,(H,21,22). The molecule has 0 bridgehead atoms. The maximum Gasteiger partial charge on any atom is 0.573 e. The largest absolute Gasteiger partial charge is 0.573 e. The van der Waals surface area contributed by atoms with Crippen LogP contribution in [-0.2, 0) is 13.6 Å². The lowest BCUT2D eigenvalue weighted by Crippen LogP contribution is -2.26. The van der Waals surface area contributed by atoms with Gasteiger partial charge in [0.2, 0.25) is 0 Å². The Morgan fingerprint density at radius 1 is 1.26 bits per heavy atom. The number of alkyl halides is 3. The molecule has 0 spiro atoms. The van der Waals surface area contributed by atoms with Crippen molar-refractivity contribution in [2.75, 3.05) is 7.05 Å². The molecule has 0 radical (unpaired) electrons. The third kappa shape index (κ3) is 4.66. The van der Waals surface area contributed by atoms with E-state index in [1.54, 1.807) is 25.0 Å². The fourth-order valence-electron chi connectivity index (χ4n) is 2.47. The van der Waals surface area contributed by atoms with Crippen molar-refractivity contribution in [1.29, 1.82) is 0 Å². The predicted molar refractivity (Wildman–Crippen MR) is 89.7 cm³/mol. The number of ether oxygens (including phenoxy) is 1. The number of carbonyl (C=O) groups excluding carboxylic acids is 1. The second kappa shape index (κ2) is 7.14. The quantitative estimate of drug-likeness (QED) is 0.740. The SMILES string of the molecule is CN(Cc1ccn(C)n1)C(=O)c1cc(-c2ccc(OC(F)(F)F)cc2)n[nH]1. The maximum absolute atomic E-state index is 12.5. The van der Waals surface area contributed by atoms with Crippen molar-refractivity contribution in [1.82, 2.24) is 24.9 Å². The molecule has 0 aliphatic carbocycles. The van der Waals surface area contributed by atoms with E-state index in [1.807, 2.05) is 6.07 Å². The number of carbonyl (C=O) groups is 1. The summed E-state index contributed by atoms with van der Waals surface area (Å²) in [5, 5.41) is 10.9. The number of benzene rings is 1. The van der Waals surface area contributed by atoms with Gasteiger partial charge in [0.05, 0.1) is 17.9 Å². The Labute approximate surface area is 152 Å². The van der Waals surface area contributed by atoms with Crippen molar-refractivity contribution in [3.8, 4) is 17.0 Å². The van der Waals surface area contributed by atoms with E-state index in [2.05, 4.69) is 20.0 Å². The minimum Gasteiger partial charge on any atom is -0.406 e. The van der Waals surface area contributed by atoms with Crippen molar-refractivity contribution >= 4 is 5.91 Å². The Hall–Kier alpha value is -3.30. The molecule has 142 valence electrons. The minimum absolute atomic E-state index is 0.263. The molecule has 1 N–H and O–H groups in total. The average molecular weight is 379 g/mol. The zero-order valence-corrected chi connectivity index (χ0v) is 14.5. The van der Waals surface area contributed by atoms with Crippen molar-refractivity contribution in [2.24, 2.45) is 7.05 Å². The van der Waals surface area contributed by atoms with Crippen molar-refractivity contribution in [2.45, 2.75) is 12.9 Å². The van der Waals surface area contributed by atoms with Crippen LogP contribution in [-0.4, -0.2) is 44.2 Å². The summed E-state index contributed by atoms with van der Waals surface area (Å²) in [5.74, 6) is -0.607. The topological polar surface area (TPSA) is 76.0 Å². The van der Waals surface area contributed by atoms with Gasteiger partial charge in [0.25, 0.3) is 5.91 Å². The molecule has 0 aliphatic heterocycles. The first-order valence-electron chi connectivity index (χ1n) is 7.87. The van der Waals surface area contributed by atoms with Gasteiger partial charge < -0.3 is 9.64 Å². The highest BCUT2D eigenvalue weighted by Crippen LogP contribution is 2.26. The van der Waals surface area contributed by atoms with Crippen LogP contribution in [0.2, 0.25) is 0 Å². The van der Waals surface area contributed by atoms with Gasteiger partial charge in [0, 0.05) is 25.9 Å². The molecular formula is C17H16F3N5O2. The summed E-state index contributed by atoms with van der Waals surface area (Å²) in [7, 11) is 3.43. The Balaban J connectivity index is 1.69. The molecule has 10 heteroatoms. The molecule has 3 rings (SSSR count). The number of aromatic nitrogens is 4. The van der Waals surface area contributed by atoms with Crippen molar-refractivity contribution < 1.29 is 22.7 Å². The average Bonchev–Trinajstić information content (AvgIpc) is 3.23. The van der Waals surface area contributed by atoms with E-state index in [9.17, 15) is 18.0 Å². The van der Waals surface area contributed by atoms with E-state index >= 15 is 0 Å². The van der Waals surface area contributed by atoms with Gasteiger partial charge in [-0.15, -0.1) is 13.2 Å². The second-order valence-electron chi connectivity index (χ2n) is 5.88. The molecular weight excluding hydrogens is 363 g/mol. The summed E-state index contributed by atoms with van der Waals surface area (Å²) >= 11 is 0. The number of nitrogens with zero attached hydrogens (tertiary/aromatic N) is 4. The monoisotopic (exact) mass is 379 g/mol. The fraction of sp³-hybridized carbons (Fsp3) is 0.235. The number of hydrogen-bond acceptors (Lipinski definition) is 4. The third-order valence-corrected chi connectivity index (χ3v) is 3.71. The van der Waals surface area contributed by atoms with Crippen LogP contribution in [0.25, 0.3) is 11.3 Å². The minimum atomic E-state index is -4.74. The van der Waals surface area contributed by atoms with Crippen LogP contribution in [0.5, 0.6) is 5.75 Å². The van der Waals surface area contributed by atoms with Crippen LogP contribution in [0.3, 0.4) is 0 Å². The van der Waals surface area contributed by atoms with Gasteiger partial charge in [0.1, 0.15) is 11.4 Å². The normalized spacial score (nSPS) is 11.4. The number of nitrogens with one attached hydrogen (secondary N) is 1. The van der Waals surface area contributed by atoms with Crippen LogP contribution in [0.1, 0.15) is 16.2 Å². The van der Waals surface area contributed by atoms with Crippen LogP contribution < -0.4 is 4.74 Å². The second-order valence-corrected chi connectivity index (χ2v) is 5.88. The van der Waals surface area contributed by atoms with Crippen LogP contribution in [0, 0.1) is 0 Å². The number of rotatable bonds is 5. The Bertz CT molecular complexity index is 931. The molecule has 1 amide bonds. The van der Waals surface area contributed by atoms with Gasteiger partial charge in [-0.1, -0.05) is 0 Å². The molecule has 27 heavy (non-hydrogen) atoms. The summed E-state index contributed by atoms with van der Waals surface area (Å²) in [6, 6.07) is 8.59.